The summed E-state index contributed by atoms with van der Waals surface area (Å²) in [4.78, 5) is 13.5. The van der Waals surface area contributed by atoms with Gasteiger partial charge in [0.25, 0.3) is 0 Å². The van der Waals surface area contributed by atoms with E-state index < -0.39 is 0 Å². The third-order valence-corrected chi connectivity index (χ3v) is 2.99. The molecule has 0 N–H and O–H groups in total. The van der Waals surface area contributed by atoms with Crippen LogP contribution in [0.4, 0.5) is 14.5 Å². The number of anilines is 1. The Morgan fingerprint density at radius 3 is 2.35 bits per heavy atom. The molecule has 0 saturated carbocycles. The number of para-hydroxylation sites is 1. The Morgan fingerprint density at radius 1 is 1.05 bits per heavy atom. The summed E-state index contributed by atoms with van der Waals surface area (Å²) in [6, 6.07) is 12.1. The van der Waals surface area contributed by atoms with Crippen molar-refractivity contribution in [2.45, 2.75) is 6.42 Å². The largest absolute Gasteiger partial charge is 0.365 e. The van der Waals surface area contributed by atoms with Gasteiger partial charge in [-0.1, -0.05) is 24.3 Å². The van der Waals surface area contributed by atoms with Crippen LogP contribution in [0.15, 0.2) is 48.5 Å². The maximum atomic E-state index is 13.6. The molecule has 2 aromatic rings. The molecule has 20 heavy (non-hydrogen) atoms. The molecule has 2 rings (SSSR count). The van der Waals surface area contributed by atoms with Gasteiger partial charge in [0.15, 0.2) is 5.78 Å². The number of Topliss-reactive ketones (excluding diaryl/α,β-unsaturated/α-hetero) is 1. The average Bonchev–Trinajstić information content (AvgIpc) is 2.41. The quantitative estimate of drug-likeness (QED) is 0.835. The molecular weight excluding hydrogens is 260 g/mol. The van der Waals surface area contributed by atoms with E-state index in [2.05, 4.69) is 0 Å². The Bertz CT molecular complexity index is 596. The molecule has 0 aliphatic carbocycles. The van der Waals surface area contributed by atoms with Crippen LogP contribution in [0.25, 0.3) is 0 Å². The Balaban J connectivity index is 1.98. The highest BCUT2D eigenvalue weighted by Gasteiger charge is 2.11. The molecule has 4 heteroatoms. The van der Waals surface area contributed by atoms with Crippen molar-refractivity contribution in [3.63, 3.8) is 0 Å². The number of rotatable bonds is 5. The fraction of sp³-hybridized carbons (Fsp3) is 0.188. The molecule has 0 radical (unpaired) electrons. The first-order chi connectivity index (χ1) is 9.56. The van der Waals surface area contributed by atoms with Gasteiger partial charge in [-0.15, -0.1) is 0 Å². The Kier molecular flexibility index (Phi) is 4.45. The first kappa shape index (κ1) is 14.2. The zero-order valence-corrected chi connectivity index (χ0v) is 11.1. The lowest BCUT2D eigenvalue weighted by atomic mass is 10.1. The van der Waals surface area contributed by atoms with Crippen LogP contribution in [0.2, 0.25) is 0 Å². The molecule has 2 aromatic carbocycles. The van der Waals surface area contributed by atoms with E-state index in [1.807, 2.05) is 0 Å². The topological polar surface area (TPSA) is 20.3 Å². The van der Waals surface area contributed by atoms with Gasteiger partial charge >= 0.3 is 0 Å². The lowest BCUT2D eigenvalue weighted by molar-refractivity contribution is -0.117. The predicted octanol–water partition coefficient (Wildman–Crippen LogP) is 3.21. The van der Waals surface area contributed by atoms with Crippen molar-refractivity contribution in [2.75, 3.05) is 18.5 Å². The van der Waals surface area contributed by atoms with Crippen molar-refractivity contribution < 1.29 is 13.6 Å². The van der Waals surface area contributed by atoms with Crippen molar-refractivity contribution in [3.05, 3.63) is 65.7 Å². The van der Waals surface area contributed by atoms with Crippen molar-refractivity contribution in [3.8, 4) is 0 Å². The molecular formula is C16H15F2NO. The van der Waals surface area contributed by atoms with E-state index in [0.717, 1.165) is 5.56 Å². The van der Waals surface area contributed by atoms with Crippen LogP contribution in [0.3, 0.4) is 0 Å². The Labute approximate surface area is 116 Å². The maximum absolute atomic E-state index is 13.6. The van der Waals surface area contributed by atoms with Crippen LogP contribution in [0.5, 0.6) is 0 Å². The number of nitrogens with zero attached hydrogens (tertiary/aromatic N) is 1. The minimum atomic E-state index is -0.357. The summed E-state index contributed by atoms with van der Waals surface area (Å²) < 4.78 is 26.3. The van der Waals surface area contributed by atoms with Crippen molar-refractivity contribution in [1.82, 2.24) is 0 Å². The third kappa shape index (κ3) is 3.63. The highest BCUT2D eigenvalue weighted by atomic mass is 19.1. The minimum Gasteiger partial charge on any atom is -0.365 e. The molecule has 0 aromatic heterocycles. The summed E-state index contributed by atoms with van der Waals surface area (Å²) in [7, 11) is 1.67. The van der Waals surface area contributed by atoms with E-state index in [9.17, 15) is 13.6 Å². The van der Waals surface area contributed by atoms with Crippen LogP contribution >= 0.6 is 0 Å². The van der Waals surface area contributed by atoms with Gasteiger partial charge in [-0.3, -0.25) is 4.79 Å². The Morgan fingerprint density at radius 2 is 1.70 bits per heavy atom. The second-order valence-corrected chi connectivity index (χ2v) is 4.65. The number of hydrogen-bond acceptors (Lipinski definition) is 2. The molecule has 0 unspecified atom stereocenters. The monoisotopic (exact) mass is 275 g/mol. The molecule has 0 heterocycles. The number of hydrogen-bond donors (Lipinski definition) is 0. The van der Waals surface area contributed by atoms with E-state index >= 15 is 0 Å². The van der Waals surface area contributed by atoms with Crippen LogP contribution < -0.4 is 4.90 Å². The highest BCUT2D eigenvalue weighted by molar-refractivity contribution is 5.85. The van der Waals surface area contributed by atoms with Crippen LogP contribution in [0, 0.1) is 11.6 Å². The second-order valence-electron chi connectivity index (χ2n) is 4.65. The summed E-state index contributed by atoms with van der Waals surface area (Å²) in [6.07, 6.45) is 0.207. The zero-order chi connectivity index (χ0) is 14.5. The molecule has 0 aliphatic rings. The fourth-order valence-corrected chi connectivity index (χ4v) is 2.00. The Hall–Kier alpha value is -2.23. The smallest absolute Gasteiger partial charge is 0.156 e. The first-order valence-electron chi connectivity index (χ1n) is 6.28. The van der Waals surface area contributed by atoms with Gasteiger partial charge in [0.05, 0.1) is 12.2 Å². The van der Waals surface area contributed by atoms with Gasteiger partial charge in [-0.05, 0) is 29.8 Å². The SMILES string of the molecule is CN(CC(=O)Cc1ccc(F)cc1)c1ccccc1F. The van der Waals surface area contributed by atoms with E-state index in [0.29, 0.717) is 5.69 Å². The van der Waals surface area contributed by atoms with Crippen molar-refractivity contribution in [1.29, 1.82) is 0 Å². The molecule has 0 saturated heterocycles. The summed E-state index contributed by atoms with van der Waals surface area (Å²) in [5.74, 6) is -0.739. The first-order valence-corrected chi connectivity index (χ1v) is 6.28. The third-order valence-electron chi connectivity index (χ3n) is 2.99. The van der Waals surface area contributed by atoms with Gasteiger partial charge in [0.2, 0.25) is 0 Å². The predicted molar refractivity (Wildman–Crippen MR) is 74.8 cm³/mol. The van der Waals surface area contributed by atoms with Crippen LogP contribution in [-0.4, -0.2) is 19.4 Å². The lowest BCUT2D eigenvalue weighted by Gasteiger charge is -2.18. The highest BCUT2D eigenvalue weighted by Crippen LogP contribution is 2.17. The summed E-state index contributed by atoms with van der Waals surface area (Å²) in [6.45, 7) is 0.109. The van der Waals surface area contributed by atoms with Gasteiger partial charge in [-0.25, -0.2) is 8.78 Å². The number of ketones is 1. The van der Waals surface area contributed by atoms with Gasteiger partial charge in [0.1, 0.15) is 11.6 Å². The van der Waals surface area contributed by atoms with Gasteiger partial charge < -0.3 is 4.90 Å². The molecule has 0 spiro atoms. The van der Waals surface area contributed by atoms with Crippen LogP contribution in [-0.2, 0) is 11.2 Å². The number of likely N-dealkylation sites (N-methyl/N-ethyl adjacent to an activating group) is 1. The molecule has 0 bridgehead atoms. The average molecular weight is 275 g/mol. The lowest BCUT2D eigenvalue weighted by Crippen LogP contribution is -2.27. The van der Waals surface area contributed by atoms with Crippen molar-refractivity contribution in [2.24, 2.45) is 0 Å². The van der Waals surface area contributed by atoms with E-state index in [4.69, 9.17) is 0 Å². The summed E-state index contributed by atoms with van der Waals surface area (Å²) >= 11 is 0. The molecule has 0 amide bonds. The second kappa shape index (κ2) is 6.28. The number of carbonyl (C=O) groups is 1. The molecule has 0 aliphatic heterocycles. The van der Waals surface area contributed by atoms with E-state index in [1.165, 1.54) is 18.2 Å². The van der Waals surface area contributed by atoms with E-state index in [1.54, 1.807) is 42.3 Å². The van der Waals surface area contributed by atoms with Gasteiger partial charge in [-0.2, -0.15) is 0 Å². The minimum absolute atomic E-state index is 0.0534. The number of benzene rings is 2. The fourth-order valence-electron chi connectivity index (χ4n) is 2.00. The molecule has 0 atom stereocenters. The molecule has 0 fully saturated rings. The summed E-state index contributed by atoms with van der Waals surface area (Å²) in [5, 5.41) is 0. The normalized spacial score (nSPS) is 10.3. The molecule has 2 nitrogen and oxygen atoms in total. The standard InChI is InChI=1S/C16H15F2NO/c1-19(16-5-3-2-4-15(16)18)11-14(20)10-12-6-8-13(17)9-7-12/h2-9H,10-11H2,1H3. The van der Waals surface area contributed by atoms with Gasteiger partial charge in [0, 0.05) is 13.5 Å². The van der Waals surface area contributed by atoms with E-state index in [-0.39, 0.29) is 30.4 Å². The molecule has 104 valence electrons. The van der Waals surface area contributed by atoms with Crippen molar-refractivity contribution >= 4 is 11.5 Å². The maximum Gasteiger partial charge on any atom is 0.156 e. The zero-order valence-electron chi connectivity index (χ0n) is 11.1. The summed E-state index contributed by atoms with van der Waals surface area (Å²) in [5.41, 5.74) is 1.14. The number of carbonyl (C=O) groups excluding carboxylic acids is 1. The number of halogens is 2. The van der Waals surface area contributed by atoms with Crippen LogP contribution in [0.1, 0.15) is 5.56 Å².